The highest BCUT2D eigenvalue weighted by molar-refractivity contribution is 6.29. The summed E-state index contributed by atoms with van der Waals surface area (Å²) < 4.78 is 4.95. The van der Waals surface area contributed by atoms with E-state index >= 15 is 0 Å². The molecule has 0 bridgehead atoms. The lowest BCUT2D eigenvalue weighted by molar-refractivity contribution is -0.643. The maximum absolute atomic E-state index is 2.61. The molecule has 4 aromatic carbocycles. The lowest BCUT2D eigenvalue weighted by Crippen LogP contribution is -2.29. The van der Waals surface area contributed by atoms with Crippen molar-refractivity contribution in [1.29, 1.82) is 0 Å². The van der Waals surface area contributed by atoms with E-state index < -0.39 is 0 Å². The molecule has 0 unspecified atom stereocenters. The summed E-state index contributed by atoms with van der Waals surface area (Å²) in [5, 5.41) is 9.58. The number of hydrogen-bond acceptors (Lipinski definition) is 0. The van der Waals surface area contributed by atoms with E-state index in [1.165, 1.54) is 76.5 Å². The number of nitrogens with zero attached hydrogens (tertiary/aromatic N) is 2. The minimum Gasteiger partial charge on any atom is -0.307 e. The van der Waals surface area contributed by atoms with E-state index in [1.807, 2.05) is 0 Å². The quantitative estimate of drug-likeness (QED) is 0.147. The Morgan fingerprint density at radius 1 is 0.765 bits per heavy atom. The molecule has 166 valence electrons. The summed E-state index contributed by atoms with van der Waals surface area (Å²) in [7, 11) is 2.21. The zero-order chi connectivity index (χ0) is 23.3. The standard InChI is InChI=1S/C32H29N2/c1-18(2)17-25-23-11-7-6-10-22(23)20(4)28-31(25)34-26-12-8-9-19(3)27(26)24-14-13-21-15-16-33(5)32(28)29(21)30(24)34/h6-16,18H,17H2,1-5H3/q+1. The molecule has 3 aromatic heterocycles. The third-order valence-electron chi connectivity index (χ3n) is 7.89. The third-order valence-corrected chi connectivity index (χ3v) is 7.89. The minimum atomic E-state index is 0.566. The van der Waals surface area contributed by atoms with Crippen LogP contribution in [-0.2, 0) is 13.5 Å². The first kappa shape index (κ1) is 19.8. The van der Waals surface area contributed by atoms with Gasteiger partial charge >= 0.3 is 0 Å². The molecule has 0 radical (unpaired) electrons. The van der Waals surface area contributed by atoms with Crippen molar-refractivity contribution in [2.24, 2.45) is 13.0 Å². The average Bonchev–Trinajstić information content (AvgIpc) is 3.17. The lowest BCUT2D eigenvalue weighted by atomic mass is 9.89. The van der Waals surface area contributed by atoms with Crippen molar-refractivity contribution in [1.82, 2.24) is 4.40 Å². The number of hydrogen-bond donors (Lipinski definition) is 0. The Labute approximate surface area is 199 Å². The van der Waals surface area contributed by atoms with Gasteiger partial charge in [-0.2, -0.15) is 0 Å². The second-order valence-corrected chi connectivity index (χ2v) is 10.5. The molecule has 2 nitrogen and oxygen atoms in total. The molecule has 34 heavy (non-hydrogen) atoms. The van der Waals surface area contributed by atoms with Crippen LogP contribution in [0, 0.1) is 19.8 Å². The van der Waals surface area contributed by atoms with Crippen molar-refractivity contribution in [2.45, 2.75) is 34.1 Å². The van der Waals surface area contributed by atoms with Gasteiger partial charge in [0.05, 0.1) is 27.3 Å². The molecule has 0 fully saturated rings. The zero-order valence-electron chi connectivity index (χ0n) is 20.5. The van der Waals surface area contributed by atoms with E-state index in [0.717, 1.165) is 6.42 Å². The van der Waals surface area contributed by atoms with E-state index in [4.69, 9.17) is 0 Å². The molecule has 0 aliphatic heterocycles. The van der Waals surface area contributed by atoms with Crippen molar-refractivity contribution in [2.75, 3.05) is 0 Å². The first-order valence-electron chi connectivity index (χ1n) is 12.4. The molecule has 0 atom stereocenters. The topological polar surface area (TPSA) is 8.29 Å². The van der Waals surface area contributed by atoms with Gasteiger partial charge in [0.2, 0.25) is 5.52 Å². The maximum Gasteiger partial charge on any atom is 0.224 e. The van der Waals surface area contributed by atoms with E-state index in [0.29, 0.717) is 5.92 Å². The number of fused-ring (bicyclic) bond motifs is 7. The predicted octanol–water partition coefficient (Wildman–Crippen LogP) is 7.78. The summed E-state index contributed by atoms with van der Waals surface area (Å²) in [6, 6.07) is 22.7. The van der Waals surface area contributed by atoms with Crippen LogP contribution in [0.25, 0.3) is 59.8 Å². The summed E-state index contributed by atoms with van der Waals surface area (Å²) in [5.41, 5.74) is 9.60. The van der Waals surface area contributed by atoms with Crippen LogP contribution < -0.4 is 4.57 Å². The van der Waals surface area contributed by atoms with Gasteiger partial charge in [0.25, 0.3) is 0 Å². The maximum atomic E-state index is 2.61. The molecule has 0 amide bonds. The molecule has 0 spiro atoms. The Kier molecular flexibility index (Phi) is 3.90. The van der Waals surface area contributed by atoms with Crippen LogP contribution in [0.5, 0.6) is 0 Å². The van der Waals surface area contributed by atoms with Crippen LogP contribution in [0.15, 0.2) is 66.9 Å². The zero-order valence-corrected chi connectivity index (χ0v) is 20.5. The normalized spacial score (nSPS) is 12.6. The largest absolute Gasteiger partial charge is 0.307 e. The van der Waals surface area contributed by atoms with Crippen molar-refractivity contribution in [3.63, 3.8) is 0 Å². The van der Waals surface area contributed by atoms with Gasteiger partial charge in [-0.05, 0) is 65.1 Å². The Morgan fingerprint density at radius 3 is 2.35 bits per heavy atom. The Balaban J connectivity index is 1.97. The first-order valence-corrected chi connectivity index (χ1v) is 12.4. The van der Waals surface area contributed by atoms with E-state index in [2.05, 4.69) is 111 Å². The first-order chi connectivity index (χ1) is 16.5. The van der Waals surface area contributed by atoms with Gasteiger partial charge in [0.15, 0.2) is 6.20 Å². The monoisotopic (exact) mass is 441 g/mol. The molecule has 7 aromatic rings. The number of aryl methyl sites for hydroxylation is 3. The highest BCUT2D eigenvalue weighted by atomic mass is 15.0. The van der Waals surface area contributed by atoms with Crippen LogP contribution in [0.2, 0.25) is 0 Å². The predicted molar refractivity (Wildman–Crippen MR) is 145 cm³/mol. The average molecular weight is 442 g/mol. The van der Waals surface area contributed by atoms with Gasteiger partial charge < -0.3 is 4.40 Å². The van der Waals surface area contributed by atoms with Gasteiger partial charge in [0.1, 0.15) is 7.05 Å². The van der Waals surface area contributed by atoms with Gasteiger partial charge in [-0.1, -0.05) is 62.4 Å². The van der Waals surface area contributed by atoms with E-state index in [1.54, 1.807) is 0 Å². The summed E-state index contributed by atoms with van der Waals surface area (Å²) in [6.07, 6.45) is 3.28. The van der Waals surface area contributed by atoms with E-state index in [-0.39, 0.29) is 0 Å². The summed E-state index contributed by atoms with van der Waals surface area (Å²) in [6.45, 7) is 9.25. The summed E-state index contributed by atoms with van der Waals surface area (Å²) >= 11 is 0. The lowest BCUT2D eigenvalue weighted by Gasteiger charge is -2.20. The molecule has 0 saturated carbocycles. The summed E-state index contributed by atoms with van der Waals surface area (Å²) in [4.78, 5) is 0. The molecule has 2 heteroatoms. The molecule has 0 N–H and O–H groups in total. The van der Waals surface area contributed by atoms with Crippen molar-refractivity contribution >= 4 is 59.8 Å². The molecule has 0 saturated heterocycles. The Bertz CT molecular complexity index is 1940. The molecule has 3 heterocycles. The van der Waals surface area contributed by atoms with Crippen molar-refractivity contribution in [3.8, 4) is 0 Å². The van der Waals surface area contributed by atoms with Gasteiger partial charge in [-0.25, -0.2) is 4.57 Å². The van der Waals surface area contributed by atoms with Crippen LogP contribution in [0.3, 0.4) is 0 Å². The minimum absolute atomic E-state index is 0.566. The van der Waals surface area contributed by atoms with Crippen LogP contribution >= 0.6 is 0 Å². The highest BCUT2D eigenvalue weighted by Crippen LogP contribution is 2.44. The smallest absolute Gasteiger partial charge is 0.224 e. The molecule has 0 aliphatic rings. The Morgan fingerprint density at radius 2 is 1.56 bits per heavy atom. The van der Waals surface area contributed by atoms with Crippen molar-refractivity contribution in [3.05, 3.63) is 83.6 Å². The molecule has 0 aliphatic carbocycles. The third kappa shape index (κ3) is 2.33. The number of benzene rings is 4. The molecular weight excluding hydrogens is 412 g/mol. The van der Waals surface area contributed by atoms with Crippen molar-refractivity contribution < 1.29 is 4.57 Å². The molecular formula is C32H29N2+. The second-order valence-electron chi connectivity index (χ2n) is 10.5. The van der Waals surface area contributed by atoms with Gasteiger partial charge in [0, 0.05) is 16.8 Å². The summed E-state index contributed by atoms with van der Waals surface area (Å²) in [5.74, 6) is 0.566. The SMILES string of the molecule is Cc1cccc2c1c1ccc3cc[n+](C)c4c5c(C)c6ccccc6c(CC(C)C)c5n2c1c34. The fourth-order valence-corrected chi connectivity index (χ4v) is 6.53. The van der Waals surface area contributed by atoms with Crippen LogP contribution in [-0.4, -0.2) is 4.40 Å². The van der Waals surface area contributed by atoms with Crippen LogP contribution in [0.4, 0.5) is 0 Å². The highest BCUT2D eigenvalue weighted by Gasteiger charge is 2.27. The Hall–Kier alpha value is -3.65. The number of aromatic nitrogens is 2. The van der Waals surface area contributed by atoms with Crippen LogP contribution in [0.1, 0.15) is 30.5 Å². The fraction of sp³-hybridized carbons (Fsp3) is 0.219. The second kappa shape index (κ2) is 6.70. The number of pyridine rings is 2. The van der Waals surface area contributed by atoms with E-state index in [9.17, 15) is 0 Å². The number of rotatable bonds is 2. The fourth-order valence-electron chi connectivity index (χ4n) is 6.53. The molecule has 7 rings (SSSR count). The van der Waals surface area contributed by atoms with Gasteiger partial charge in [-0.3, -0.25) is 0 Å². The van der Waals surface area contributed by atoms with Gasteiger partial charge in [-0.15, -0.1) is 0 Å².